The van der Waals surface area contributed by atoms with E-state index in [1.165, 1.54) is 17.0 Å². The molecule has 0 radical (unpaired) electrons. The van der Waals surface area contributed by atoms with Crippen molar-refractivity contribution in [3.63, 3.8) is 0 Å². The highest BCUT2D eigenvalue weighted by atomic mass is 79.9. The molecule has 1 saturated carbocycles. The van der Waals surface area contributed by atoms with E-state index in [0.29, 0.717) is 0 Å². The van der Waals surface area contributed by atoms with Crippen LogP contribution in [-0.4, -0.2) is 72.0 Å². The van der Waals surface area contributed by atoms with Gasteiger partial charge in [0.25, 0.3) is 0 Å². The summed E-state index contributed by atoms with van der Waals surface area (Å²) in [5.74, 6) is -0.571. The van der Waals surface area contributed by atoms with Gasteiger partial charge < -0.3 is 10.0 Å². The molecule has 2 atom stereocenters. The summed E-state index contributed by atoms with van der Waals surface area (Å²) < 4.78 is 42.1. The second-order valence-electron chi connectivity index (χ2n) is 7.02. The molecule has 0 aromatic heterocycles. The molecule has 1 saturated heterocycles. The van der Waals surface area contributed by atoms with Crippen LogP contribution in [0.25, 0.3) is 0 Å². The predicted molar refractivity (Wildman–Crippen MR) is 103 cm³/mol. The van der Waals surface area contributed by atoms with Crippen molar-refractivity contribution in [3.05, 3.63) is 28.7 Å². The zero-order valence-electron chi connectivity index (χ0n) is 14.5. The molecular weight excluding hydrogens is 463 g/mol. The van der Waals surface area contributed by atoms with Gasteiger partial charge in [0.05, 0.1) is 11.4 Å². The van der Waals surface area contributed by atoms with Crippen molar-refractivity contribution < 1.29 is 22.7 Å². The smallest absolute Gasteiger partial charge is 0.243 e. The van der Waals surface area contributed by atoms with Gasteiger partial charge in [0.15, 0.2) is 0 Å². The van der Waals surface area contributed by atoms with Crippen molar-refractivity contribution in [2.24, 2.45) is 0 Å². The monoisotopic (exact) mass is 482 g/mol. The molecule has 1 N–H and O–H groups in total. The van der Waals surface area contributed by atoms with Gasteiger partial charge >= 0.3 is 0 Å². The molecule has 6 nitrogen and oxygen atoms in total. The summed E-state index contributed by atoms with van der Waals surface area (Å²) in [6, 6.07) is 6.08. The second-order valence-corrected chi connectivity index (χ2v) is 10.1. The molecule has 3 rings (SSSR count). The maximum Gasteiger partial charge on any atom is 0.243 e. The summed E-state index contributed by atoms with van der Waals surface area (Å²) in [6.45, 7) is -0.651. The third-order valence-electron chi connectivity index (χ3n) is 5.06. The molecule has 2 aliphatic rings. The first-order valence-electron chi connectivity index (χ1n) is 8.65. The Kier molecular flexibility index (Phi) is 6.17. The molecule has 1 aliphatic heterocycles. The van der Waals surface area contributed by atoms with Crippen molar-refractivity contribution in [2.75, 3.05) is 25.5 Å². The number of piperidine rings is 1. The number of benzene rings is 1. The number of sulfonamides is 1. The van der Waals surface area contributed by atoms with Gasteiger partial charge in [0.2, 0.25) is 15.9 Å². The summed E-state index contributed by atoms with van der Waals surface area (Å²) in [4.78, 5) is 13.5. The van der Waals surface area contributed by atoms with E-state index >= 15 is 0 Å². The van der Waals surface area contributed by atoms with E-state index in [1.54, 1.807) is 12.1 Å². The number of halogens is 3. The summed E-state index contributed by atoms with van der Waals surface area (Å²) in [5.41, 5.74) is -1.78. The standard InChI is InChI=1S/C17H21BrClFN2O4S/c18-12-1-5-14(6-2-12)27(25,26)21-8-7-17(24,15(20)10-21)11-22(13-3-4-13)16(23)9-19/h1-2,5-6,13,15,24H,3-4,7-11H2. The average molecular weight is 484 g/mol. The van der Waals surface area contributed by atoms with Crippen LogP contribution in [0.1, 0.15) is 19.3 Å². The molecule has 10 heteroatoms. The van der Waals surface area contributed by atoms with E-state index in [4.69, 9.17) is 11.6 Å². The van der Waals surface area contributed by atoms with E-state index in [0.717, 1.165) is 21.6 Å². The van der Waals surface area contributed by atoms with Crippen molar-refractivity contribution in [1.29, 1.82) is 0 Å². The summed E-state index contributed by atoms with van der Waals surface area (Å²) in [7, 11) is -3.86. The first kappa shape index (κ1) is 21.0. The molecule has 2 fully saturated rings. The Morgan fingerprint density at radius 2 is 2.00 bits per heavy atom. The molecule has 1 aromatic rings. The Hall–Kier alpha value is -0.740. The van der Waals surface area contributed by atoms with Gasteiger partial charge in [-0.05, 0) is 43.5 Å². The summed E-state index contributed by atoms with van der Waals surface area (Å²) in [5, 5.41) is 10.8. The lowest BCUT2D eigenvalue weighted by atomic mass is 9.90. The van der Waals surface area contributed by atoms with Crippen LogP contribution in [-0.2, 0) is 14.8 Å². The predicted octanol–water partition coefficient (Wildman–Crippen LogP) is 2.14. The van der Waals surface area contributed by atoms with Crippen LogP contribution >= 0.6 is 27.5 Å². The molecule has 150 valence electrons. The summed E-state index contributed by atoms with van der Waals surface area (Å²) in [6.07, 6.45) is -0.289. The number of hydrogen-bond acceptors (Lipinski definition) is 4. The van der Waals surface area contributed by atoms with Crippen LogP contribution in [0.15, 0.2) is 33.6 Å². The third kappa shape index (κ3) is 4.48. The number of nitrogens with zero attached hydrogens (tertiary/aromatic N) is 2. The maximum absolute atomic E-state index is 14.9. The van der Waals surface area contributed by atoms with E-state index in [2.05, 4.69) is 15.9 Å². The van der Waals surface area contributed by atoms with E-state index in [1.807, 2.05) is 0 Å². The van der Waals surface area contributed by atoms with Gasteiger partial charge in [0, 0.05) is 23.6 Å². The normalized spacial score (nSPS) is 26.7. The van der Waals surface area contributed by atoms with Crippen molar-refractivity contribution in [1.82, 2.24) is 9.21 Å². The fourth-order valence-electron chi connectivity index (χ4n) is 3.25. The van der Waals surface area contributed by atoms with Crippen molar-refractivity contribution >= 4 is 43.5 Å². The zero-order chi connectivity index (χ0) is 19.8. The first-order chi connectivity index (χ1) is 12.7. The topological polar surface area (TPSA) is 77.9 Å². The van der Waals surface area contributed by atoms with Crippen molar-refractivity contribution in [3.8, 4) is 0 Å². The van der Waals surface area contributed by atoms with Crippen LogP contribution in [0, 0.1) is 0 Å². The maximum atomic E-state index is 14.9. The Balaban J connectivity index is 1.72. The molecular formula is C17H21BrClFN2O4S. The summed E-state index contributed by atoms with van der Waals surface area (Å²) >= 11 is 8.87. The largest absolute Gasteiger partial charge is 0.385 e. The molecule has 0 bridgehead atoms. The van der Waals surface area contributed by atoms with Gasteiger partial charge in [-0.25, -0.2) is 12.8 Å². The van der Waals surface area contributed by atoms with Crippen LogP contribution in [0.5, 0.6) is 0 Å². The lowest BCUT2D eigenvalue weighted by Gasteiger charge is -2.42. The lowest BCUT2D eigenvalue weighted by molar-refractivity contribution is -0.138. The lowest BCUT2D eigenvalue weighted by Crippen LogP contribution is -2.60. The van der Waals surface area contributed by atoms with Crippen molar-refractivity contribution in [2.45, 2.75) is 42.0 Å². The fraction of sp³-hybridized carbons (Fsp3) is 0.588. The Bertz CT molecular complexity index is 806. The SMILES string of the molecule is O=C(CCl)N(CC1(O)CCN(S(=O)(=O)c2ccc(Br)cc2)CC1F)C1CC1. The fourth-order valence-corrected chi connectivity index (χ4v) is 5.10. The minimum absolute atomic E-state index is 0.0167. The number of carbonyl (C=O) groups is 1. The highest BCUT2D eigenvalue weighted by Gasteiger charge is 2.48. The Morgan fingerprint density at radius 1 is 1.37 bits per heavy atom. The number of rotatable bonds is 6. The van der Waals surface area contributed by atoms with Gasteiger partial charge in [0.1, 0.15) is 17.7 Å². The molecule has 1 aromatic carbocycles. The Morgan fingerprint density at radius 3 is 2.52 bits per heavy atom. The molecule has 2 unspecified atom stereocenters. The Labute approximate surface area is 171 Å². The third-order valence-corrected chi connectivity index (χ3v) is 7.70. The van der Waals surface area contributed by atoms with Crippen LogP contribution < -0.4 is 0 Å². The first-order valence-corrected chi connectivity index (χ1v) is 11.4. The number of hydrogen-bond donors (Lipinski definition) is 1. The van der Waals surface area contributed by atoms with E-state index in [-0.39, 0.29) is 42.2 Å². The highest BCUT2D eigenvalue weighted by Crippen LogP contribution is 2.34. The number of carbonyl (C=O) groups excluding carboxylic acids is 1. The van der Waals surface area contributed by atoms with Crippen LogP contribution in [0.2, 0.25) is 0 Å². The number of amides is 1. The molecule has 27 heavy (non-hydrogen) atoms. The average Bonchev–Trinajstić information content (AvgIpc) is 3.47. The van der Waals surface area contributed by atoms with Gasteiger partial charge in [-0.15, -0.1) is 11.6 Å². The molecule has 1 aliphatic carbocycles. The van der Waals surface area contributed by atoms with Crippen LogP contribution in [0.3, 0.4) is 0 Å². The van der Waals surface area contributed by atoms with E-state index in [9.17, 15) is 22.7 Å². The molecule has 0 spiro atoms. The number of alkyl halides is 2. The van der Waals surface area contributed by atoms with Gasteiger partial charge in [-0.1, -0.05) is 15.9 Å². The quantitative estimate of drug-likeness (QED) is 0.629. The van der Waals surface area contributed by atoms with E-state index < -0.39 is 28.3 Å². The second kappa shape index (κ2) is 7.94. The number of aliphatic hydroxyl groups is 1. The highest BCUT2D eigenvalue weighted by molar-refractivity contribution is 9.10. The zero-order valence-corrected chi connectivity index (χ0v) is 17.7. The minimum Gasteiger partial charge on any atom is -0.385 e. The van der Waals surface area contributed by atoms with Crippen LogP contribution in [0.4, 0.5) is 4.39 Å². The molecule has 1 heterocycles. The molecule has 1 amide bonds. The van der Waals surface area contributed by atoms with Gasteiger partial charge in [-0.3, -0.25) is 4.79 Å². The minimum atomic E-state index is -3.86. The van der Waals surface area contributed by atoms with Gasteiger partial charge in [-0.2, -0.15) is 4.31 Å².